The number of rotatable bonds is 1. The molecule has 0 unspecified atom stereocenters. The second kappa shape index (κ2) is 6.07. The second-order valence-corrected chi connectivity index (χ2v) is 7.65. The molecule has 1 saturated heterocycles. The Kier molecular flexibility index (Phi) is 4.64. The van der Waals surface area contributed by atoms with E-state index in [9.17, 15) is 0 Å². The summed E-state index contributed by atoms with van der Waals surface area (Å²) in [6.07, 6.45) is 0. The maximum Gasteiger partial charge on any atom is 0.494 e. The Morgan fingerprint density at radius 3 is 1.31 bits per heavy atom. The van der Waals surface area contributed by atoms with Crippen LogP contribution in [0.3, 0.4) is 0 Å². The van der Waals surface area contributed by atoms with Gasteiger partial charge in [-0.2, -0.15) is 0 Å². The van der Waals surface area contributed by atoms with Crippen LogP contribution >= 0.6 is 0 Å². The zero-order chi connectivity index (χ0) is 19.8. The van der Waals surface area contributed by atoms with Crippen LogP contribution in [0, 0.1) is 0 Å². The lowest BCUT2D eigenvalue weighted by atomic mass is 9.55. The monoisotopic (exact) mass is 324 g/mol. The average Bonchev–Trinajstić information content (AvgIpc) is 2.75. The van der Waals surface area contributed by atoms with E-state index in [4.69, 9.17) is 64.2 Å². The summed E-state index contributed by atoms with van der Waals surface area (Å²) in [4.78, 5) is 0. The van der Waals surface area contributed by atoms with Crippen molar-refractivity contribution in [2.45, 2.75) is 38.9 Å². The molecule has 1 fully saturated rings. The molecule has 0 N–H and O–H groups in total. The molecular weight excluding hydrogens is 311 g/mol. The first-order valence-corrected chi connectivity index (χ1v) is 8.19. The van der Waals surface area contributed by atoms with E-state index in [-0.39, 0.29) is 38.2 Å². The molecule has 0 amide bonds. The Balaban J connectivity index is 2.44. The molecule has 2 aromatic rings. The van der Waals surface area contributed by atoms with Crippen LogP contribution in [0.2, 0.25) is 0 Å². The maximum atomic E-state index is 6.28. The summed E-state index contributed by atoms with van der Waals surface area (Å²) in [5, 5.41) is 0.836. The van der Waals surface area contributed by atoms with Gasteiger partial charge in [-0.15, -0.1) is 21.9 Å². The first-order chi connectivity index (χ1) is 11.8. The van der Waals surface area contributed by atoms with Crippen LogP contribution in [0.15, 0.2) is 0 Å². The Hall–Kier alpha value is -0.861. The van der Waals surface area contributed by atoms with Crippen molar-refractivity contribution in [3.63, 3.8) is 0 Å². The zero-order valence-corrected chi connectivity index (χ0v) is 15.4. The van der Waals surface area contributed by atoms with Gasteiger partial charge in [-0.1, -0.05) is 16.4 Å². The van der Waals surface area contributed by atoms with E-state index in [0.29, 0.717) is 16.2 Å². The minimum Gasteiger partial charge on any atom is -0.399 e. The minimum absolute atomic E-state index is 0.144. The molecule has 0 saturated carbocycles. The third-order valence-electron chi connectivity index (χ3n) is 5.56. The van der Waals surface area contributed by atoms with E-state index >= 15 is 0 Å². The highest BCUT2D eigenvalue weighted by Crippen LogP contribution is 2.36. The molecular formula is C16H12B8O2. The summed E-state index contributed by atoms with van der Waals surface area (Å²) in [5.41, 5.74) is 0.514. The van der Waals surface area contributed by atoms with Crippen LogP contribution in [0.4, 0.5) is 0 Å². The predicted octanol–water partition coefficient (Wildman–Crippen LogP) is -5.30. The summed E-state index contributed by atoms with van der Waals surface area (Å²) in [7, 11) is 42.2. The standard InChI is InChI=1S/C16H12B8O2/c1-15(2)16(3,4)26-24(25-15)14-6-5(8(18)12(22)13(14)23)7(17)10(20)11(21)9(6)19/h1-4H3. The van der Waals surface area contributed by atoms with E-state index < -0.39 is 18.3 Å². The molecule has 1 aliphatic rings. The van der Waals surface area contributed by atoms with Gasteiger partial charge in [-0.3, -0.25) is 0 Å². The highest BCUT2D eigenvalue weighted by atomic mass is 16.7. The second-order valence-electron chi connectivity index (χ2n) is 7.65. The minimum atomic E-state index is -0.824. The SMILES string of the molecule is [B]c1c([B])c([B])c2c(B3OC(C)(C)C(C)(C)O3)c([B])c([B])c([B])c2c1[B]. The van der Waals surface area contributed by atoms with Gasteiger partial charge in [-0.25, -0.2) is 0 Å². The number of benzene rings is 2. The van der Waals surface area contributed by atoms with Crippen molar-refractivity contribution in [3.8, 4) is 0 Å². The van der Waals surface area contributed by atoms with E-state index in [0.717, 1.165) is 0 Å². The summed E-state index contributed by atoms with van der Waals surface area (Å²) < 4.78 is 12.3. The summed E-state index contributed by atoms with van der Waals surface area (Å²) in [6.45, 7) is 7.71. The van der Waals surface area contributed by atoms with Crippen molar-refractivity contribution in [2.24, 2.45) is 0 Å². The fourth-order valence-electron chi connectivity index (χ4n) is 3.15. The molecule has 0 bridgehead atoms. The van der Waals surface area contributed by atoms with Crippen LogP contribution < -0.4 is 43.7 Å². The molecule has 0 spiro atoms. The van der Waals surface area contributed by atoms with Crippen LogP contribution in [0.5, 0.6) is 0 Å². The van der Waals surface area contributed by atoms with Crippen LogP contribution in [0.1, 0.15) is 27.7 Å². The molecule has 2 nitrogen and oxygen atoms in total. The highest BCUT2D eigenvalue weighted by Gasteiger charge is 2.52. The Morgan fingerprint density at radius 1 is 0.538 bits per heavy atom. The van der Waals surface area contributed by atoms with Gasteiger partial charge in [0.05, 0.1) is 11.2 Å². The fraction of sp³-hybridized carbons (Fsp3) is 0.375. The first-order valence-electron chi connectivity index (χ1n) is 8.19. The van der Waals surface area contributed by atoms with Crippen LogP contribution in [0.25, 0.3) is 10.8 Å². The highest BCUT2D eigenvalue weighted by molar-refractivity contribution is 6.79. The Bertz CT molecular complexity index is 914. The van der Waals surface area contributed by atoms with Crippen molar-refractivity contribution in [1.29, 1.82) is 0 Å². The quantitative estimate of drug-likeness (QED) is 0.488. The normalized spacial score (nSPS) is 18.5. The van der Waals surface area contributed by atoms with Crippen molar-refractivity contribution < 1.29 is 9.31 Å². The predicted molar refractivity (Wildman–Crippen MR) is 117 cm³/mol. The summed E-state index contributed by atoms with van der Waals surface area (Å²) >= 11 is 0. The third kappa shape index (κ3) is 2.59. The summed E-state index contributed by atoms with van der Waals surface area (Å²) in [5.74, 6) is 0. The molecule has 2 aromatic carbocycles. The molecule has 14 radical (unpaired) electrons. The average molecular weight is 323 g/mol. The van der Waals surface area contributed by atoms with E-state index in [1.165, 1.54) is 0 Å². The topological polar surface area (TPSA) is 18.5 Å². The van der Waals surface area contributed by atoms with Crippen molar-refractivity contribution in [1.82, 2.24) is 0 Å². The summed E-state index contributed by atoms with van der Waals surface area (Å²) in [6, 6.07) is 0. The molecule has 0 aliphatic carbocycles. The van der Waals surface area contributed by atoms with Crippen LogP contribution in [-0.2, 0) is 9.31 Å². The lowest BCUT2D eigenvalue weighted by molar-refractivity contribution is 0.00578. The van der Waals surface area contributed by atoms with Gasteiger partial charge in [0, 0.05) is 0 Å². The van der Waals surface area contributed by atoms with Gasteiger partial charge in [0.15, 0.2) is 0 Å². The van der Waals surface area contributed by atoms with Crippen molar-refractivity contribution in [3.05, 3.63) is 0 Å². The molecule has 112 valence electrons. The third-order valence-corrected chi connectivity index (χ3v) is 5.56. The molecule has 10 heteroatoms. The van der Waals surface area contributed by atoms with Gasteiger partial charge in [-0.05, 0) is 43.9 Å². The molecule has 26 heavy (non-hydrogen) atoms. The Morgan fingerprint density at radius 2 is 0.885 bits per heavy atom. The maximum absolute atomic E-state index is 6.28. The van der Waals surface area contributed by atoms with Crippen molar-refractivity contribution >= 4 is 117 Å². The first kappa shape index (κ1) is 19.9. The van der Waals surface area contributed by atoms with Gasteiger partial charge < -0.3 is 9.31 Å². The molecule has 1 aliphatic heterocycles. The smallest absolute Gasteiger partial charge is 0.399 e. The van der Waals surface area contributed by atoms with Gasteiger partial charge in [0.1, 0.15) is 54.9 Å². The van der Waals surface area contributed by atoms with Crippen LogP contribution in [-0.4, -0.2) is 73.2 Å². The zero-order valence-electron chi connectivity index (χ0n) is 15.4. The lowest BCUT2D eigenvalue weighted by Crippen LogP contribution is -2.60. The Labute approximate surface area is 164 Å². The van der Waals surface area contributed by atoms with Gasteiger partial charge in [0.2, 0.25) is 0 Å². The lowest BCUT2D eigenvalue weighted by Gasteiger charge is -2.32. The molecule has 0 aromatic heterocycles. The van der Waals surface area contributed by atoms with Gasteiger partial charge >= 0.3 is 7.12 Å². The van der Waals surface area contributed by atoms with E-state index in [1.807, 2.05) is 27.7 Å². The largest absolute Gasteiger partial charge is 0.494 e. The van der Waals surface area contributed by atoms with E-state index in [1.54, 1.807) is 0 Å². The molecule has 3 rings (SSSR count). The molecule has 1 heterocycles. The van der Waals surface area contributed by atoms with Gasteiger partial charge in [0.25, 0.3) is 0 Å². The number of hydrogen-bond donors (Lipinski definition) is 0. The number of hydrogen-bond acceptors (Lipinski definition) is 2. The molecule has 0 atom stereocenters. The number of fused-ring (bicyclic) bond motifs is 1. The fourth-order valence-corrected chi connectivity index (χ4v) is 3.15. The van der Waals surface area contributed by atoms with E-state index in [2.05, 4.69) is 0 Å². The van der Waals surface area contributed by atoms with Crippen molar-refractivity contribution in [2.75, 3.05) is 0 Å².